The molecule has 132 valence electrons. The quantitative estimate of drug-likeness (QED) is 0.922. The molecule has 0 bridgehead atoms. The lowest BCUT2D eigenvalue weighted by Gasteiger charge is -2.26. The Bertz CT molecular complexity index is 759. The Balaban J connectivity index is 1.49. The smallest absolute Gasteiger partial charge is 0.222 e. The Kier molecular flexibility index (Phi) is 4.34. The maximum Gasteiger partial charge on any atom is 0.222 e. The summed E-state index contributed by atoms with van der Waals surface area (Å²) < 4.78 is 11.2. The van der Waals surface area contributed by atoms with E-state index in [1.807, 2.05) is 12.1 Å². The van der Waals surface area contributed by atoms with Gasteiger partial charge >= 0.3 is 0 Å². The van der Waals surface area contributed by atoms with Crippen molar-refractivity contribution in [1.29, 1.82) is 0 Å². The van der Waals surface area contributed by atoms with E-state index in [2.05, 4.69) is 27.0 Å². The number of methoxy groups -OCH3 is 1. The van der Waals surface area contributed by atoms with Gasteiger partial charge in [0.15, 0.2) is 0 Å². The molecule has 1 saturated heterocycles. The van der Waals surface area contributed by atoms with Gasteiger partial charge in [-0.15, -0.1) is 0 Å². The fourth-order valence-corrected chi connectivity index (χ4v) is 3.69. The lowest BCUT2D eigenvalue weighted by Crippen LogP contribution is -2.24. The van der Waals surface area contributed by atoms with Crippen LogP contribution in [0.3, 0.4) is 0 Å². The van der Waals surface area contributed by atoms with Crippen LogP contribution in [0.4, 0.5) is 11.8 Å². The second kappa shape index (κ2) is 6.78. The van der Waals surface area contributed by atoms with Crippen molar-refractivity contribution in [3.05, 3.63) is 35.5 Å². The van der Waals surface area contributed by atoms with E-state index >= 15 is 0 Å². The van der Waals surface area contributed by atoms with Crippen molar-refractivity contribution in [1.82, 2.24) is 9.97 Å². The fraction of sp³-hybridized carbons (Fsp3) is 0.474. The zero-order valence-electron chi connectivity index (χ0n) is 14.6. The number of rotatable bonds is 4. The zero-order valence-corrected chi connectivity index (χ0v) is 14.6. The number of benzene rings is 1. The SMILES string of the molecule is COc1ccc2c(c1)OC[C@@H](Cc1cc(N3CCCC3)nc(N)n1)C2. The number of nitrogen functional groups attached to an aromatic ring is 1. The van der Waals surface area contributed by atoms with E-state index in [0.717, 1.165) is 48.9 Å². The predicted octanol–water partition coefficient (Wildman–Crippen LogP) is 2.46. The second-order valence-electron chi connectivity index (χ2n) is 6.83. The summed E-state index contributed by atoms with van der Waals surface area (Å²) in [5.41, 5.74) is 8.17. The lowest BCUT2D eigenvalue weighted by atomic mass is 9.92. The standard InChI is InChI=1S/C19H24N4O2/c1-24-16-5-4-14-8-13(12-25-17(14)11-16)9-15-10-18(22-19(20)21-15)23-6-2-3-7-23/h4-5,10-11,13H,2-3,6-9,12H2,1H3,(H2,20,21,22)/t13-/m1/s1. The minimum absolute atomic E-state index is 0.362. The molecule has 1 atom stereocenters. The van der Waals surface area contributed by atoms with Crippen molar-refractivity contribution in [3.8, 4) is 11.5 Å². The van der Waals surface area contributed by atoms with Gasteiger partial charge in [0, 0.05) is 36.8 Å². The molecule has 2 N–H and O–H groups in total. The van der Waals surface area contributed by atoms with E-state index in [-0.39, 0.29) is 0 Å². The third-order valence-corrected chi connectivity index (χ3v) is 4.97. The summed E-state index contributed by atoms with van der Waals surface area (Å²) in [4.78, 5) is 11.2. The Labute approximate surface area is 148 Å². The largest absolute Gasteiger partial charge is 0.497 e. The molecule has 2 aromatic rings. The molecule has 0 saturated carbocycles. The maximum absolute atomic E-state index is 5.95. The van der Waals surface area contributed by atoms with Crippen LogP contribution in [0.1, 0.15) is 24.1 Å². The summed E-state index contributed by atoms with van der Waals surface area (Å²) in [6.45, 7) is 2.79. The highest BCUT2D eigenvalue weighted by Gasteiger charge is 2.22. The maximum atomic E-state index is 5.95. The topological polar surface area (TPSA) is 73.5 Å². The Morgan fingerprint density at radius 2 is 2.08 bits per heavy atom. The Hall–Kier alpha value is -2.50. The second-order valence-corrected chi connectivity index (χ2v) is 6.83. The van der Waals surface area contributed by atoms with E-state index in [1.165, 1.54) is 18.4 Å². The molecule has 0 radical (unpaired) electrons. The number of ether oxygens (including phenoxy) is 2. The molecule has 0 spiro atoms. The van der Waals surface area contributed by atoms with Gasteiger partial charge in [0.25, 0.3) is 0 Å². The van der Waals surface area contributed by atoms with E-state index in [0.29, 0.717) is 18.5 Å². The molecule has 1 aromatic heterocycles. The van der Waals surface area contributed by atoms with E-state index in [9.17, 15) is 0 Å². The molecule has 1 aromatic carbocycles. The minimum atomic E-state index is 0.362. The third-order valence-electron chi connectivity index (χ3n) is 4.97. The lowest BCUT2D eigenvalue weighted by molar-refractivity contribution is 0.219. The molecule has 0 aliphatic carbocycles. The van der Waals surface area contributed by atoms with Crippen molar-refractivity contribution < 1.29 is 9.47 Å². The van der Waals surface area contributed by atoms with Crippen LogP contribution < -0.4 is 20.1 Å². The zero-order chi connectivity index (χ0) is 17.2. The van der Waals surface area contributed by atoms with Crippen molar-refractivity contribution in [2.45, 2.75) is 25.7 Å². The summed E-state index contributed by atoms with van der Waals surface area (Å²) in [6.07, 6.45) is 4.26. The van der Waals surface area contributed by atoms with Gasteiger partial charge in [-0.3, -0.25) is 0 Å². The van der Waals surface area contributed by atoms with E-state index in [1.54, 1.807) is 7.11 Å². The van der Waals surface area contributed by atoms with Crippen molar-refractivity contribution in [3.63, 3.8) is 0 Å². The van der Waals surface area contributed by atoms with E-state index in [4.69, 9.17) is 15.2 Å². The molecule has 2 aliphatic rings. The molecular formula is C19H24N4O2. The predicted molar refractivity (Wildman–Crippen MR) is 97.3 cm³/mol. The first-order valence-electron chi connectivity index (χ1n) is 8.89. The molecular weight excluding hydrogens is 316 g/mol. The number of anilines is 2. The fourth-order valence-electron chi connectivity index (χ4n) is 3.69. The molecule has 1 fully saturated rings. The van der Waals surface area contributed by atoms with Gasteiger partial charge in [0.1, 0.15) is 17.3 Å². The molecule has 25 heavy (non-hydrogen) atoms. The van der Waals surface area contributed by atoms with Gasteiger partial charge in [0.05, 0.1) is 13.7 Å². The number of hydrogen-bond donors (Lipinski definition) is 1. The van der Waals surface area contributed by atoms with Gasteiger partial charge in [0.2, 0.25) is 5.95 Å². The Morgan fingerprint density at radius 3 is 2.88 bits per heavy atom. The van der Waals surface area contributed by atoms with E-state index < -0.39 is 0 Å². The number of fused-ring (bicyclic) bond motifs is 1. The number of aromatic nitrogens is 2. The summed E-state index contributed by atoms with van der Waals surface area (Å²) in [7, 11) is 1.67. The highest BCUT2D eigenvalue weighted by atomic mass is 16.5. The molecule has 0 unspecified atom stereocenters. The first kappa shape index (κ1) is 16.0. The van der Waals surface area contributed by atoms with Crippen molar-refractivity contribution >= 4 is 11.8 Å². The van der Waals surface area contributed by atoms with Crippen LogP contribution in [0.25, 0.3) is 0 Å². The van der Waals surface area contributed by atoms with Gasteiger partial charge in [-0.1, -0.05) is 6.07 Å². The monoisotopic (exact) mass is 340 g/mol. The summed E-state index contributed by atoms with van der Waals surface area (Å²) in [6, 6.07) is 8.12. The molecule has 4 rings (SSSR count). The summed E-state index contributed by atoms with van der Waals surface area (Å²) in [5.74, 6) is 3.47. The summed E-state index contributed by atoms with van der Waals surface area (Å²) >= 11 is 0. The van der Waals surface area contributed by atoms with Gasteiger partial charge in [-0.05, 0) is 37.3 Å². The van der Waals surface area contributed by atoms with Crippen LogP contribution in [0.5, 0.6) is 11.5 Å². The number of nitrogens with two attached hydrogens (primary N) is 1. The van der Waals surface area contributed by atoms with Crippen LogP contribution in [0, 0.1) is 5.92 Å². The molecule has 6 heteroatoms. The first-order chi connectivity index (χ1) is 12.2. The summed E-state index contributed by atoms with van der Waals surface area (Å²) in [5, 5.41) is 0. The molecule has 0 amide bonds. The first-order valence-corrected chi connectivity index (χ1v) is 8.89. The van der Waals surface area contributed by atoms with Gasteiger partial charge in [-0.25, -0.2) is 4.98 Å². The minimum Gasteiger partial charge on any atom is -0.497 e. The third kappa shape index (κ3) is 3.48. The van der Waals surface area contributed by atoms with Crippen molar-refractivity contribution in [2.24, 2.45) is 5.92 Å². The normalized spacial score (nSPS) is 19.4. The average molecular weight is 340 g/mol. The Morgan fingerprint density at radius 1 is 1.24 bits per heavy atom. The van der Waals surface area contributed by atoms with Crippen molar-refractivity contribution in [2.75, 3.05) is 37.4 Å². The number of nitrogens with zero attached hydrogens (tertiary/aromatic N) is 3. The van der Waals surface area contributed by atoms with Gasteiger partial charge in [-0.2, -0.15) is 4.98 Å². The highest BCUT2D eigenvalue weighted by Crippen LogP contribution is 2.32. The average Bonchev–Trinajstić information content (AvgIpc) is 3.15. The molecule has 2 aliphatic heterocycles. The molecule has 3 heterocycles. The number of hydrogen-bond acceptors (Lipinski definition) is 6. The van der Waals surface area contributed by atoms with Gasteiger partial charge < -0.3 is 20.1 Å². The van der Waals surface area contributed by atoms with Crippen LogP contribution in [-0.2, 0) is 12.8 Å². The highest BCUT2D eigenvalue weighted by molar-refractivity contribution is 5.45. The van der Waals surface area contributed by atoms with Crippen LogP contribution in [-0.4, -0.2) is 36.8 Å². The van der Waals surface area contributed by atoms with Crippen LogP contribution in [0.15, 0.2) is 24.3 Å². The molecule has 6 nitrogen and oxygen atoms in total. The van der Waals surface area contributed by atoms with Crippen LogP contribution >= 0.6 is 0 Å². The van der Waals surface area contributed by atoms with Crippen LogP contribution in [0.2, 0.25) is 0 Å².